The van der Waals surface area contributed by atoms with E-state index >= 15 is 0 Å². The Morgan fingerprint density at radius 1 is 1.38 bits per heavy atom. The molecule has 0 radical (unpaired) electrons. The summed E-state index contributed by atoms with van der Waals surface area (Å²) >= 11 is 0. The van der Waals surface area contributed by atoms with Gasteiger partial charge in [0.2, 0.25) is 0 Å². The van der Waals surface area contributed by atoms with Crippen molar-refractivity contribution in [2.45, 2.75) is 19.4 Å². The maximum atomic E-state index is 7.41. The van der Waals surface area contributed by atoms with Gasteiger partial charge in [-0.3, -0.25) is 5.41 Å². The maximum Gasteiger partial charge on any atom is 0.189 e. The predicted octanol–water partition coefficient (Wildman–Crippen LogP) is 1.64. The second-order valence-electron chi connectivity index (χ2n) is 3.87. The molecule has 1 heterocycles. The van der Waals surface area contributed by atoms with Crippen LogP contribution >= 0.6 is 0 Å². The van der Waals surface area contributed by atoms with Crippen molar-refractivity contribution in [1.29, 1.82) is 5.41 Å². The first-order chi connectivity index (χ1) is 7.79. The Bertz CT molecular complexity index is 361. The van der Waals surface area contributed by atoms with Gasteiger partial charge in [-0.05, 0) is 24.1 Å². The molecule has 0 amide bonds. The van der Waals surface area contributed by atoms with Crippen LogP contribution in [0.1, 0.15) is 24.9 Å². The van der Waals surface area contributed by atoms with Crippen molar-refractivity contribution in [3.8, 4) is 5.75 Å². The smallest absolute Gasteiger partial charge is 0.189 e. The molecule has 1 aliphatic rings. The highest BCUT2D eigenvalue weighted by atomic mass is 16.5. The Morgan fingerprint density at radius 2 is 2.12 bits per heavy atom. The molecule has 1 saturated heterocycles. The minimum absolute atomic E-state index is 0.202. The molecule has 0 bridgehead atoms. The van der Waals surface area contributed by atoms with Gasteiger partial charge in [-0.2, -0.15) is 0 Å². The number of ether oxygens (including phenoxy) is 1. The molecule has 1 unspecified atom stereocenters. The molecular weight excluding hydrogens is 202 g/mol. The van der Waals surface area contributed by atoms with Crippen LogP contribution in [0.5, 0.6) is 5.75 Å². The van der Waals surface area contributed by atoms with E-state index in [0.29, 0.717) is 5.96 Å². The van der Waals surface area contributed by atoms with E-state index in [1.165, 1.54) is 5.56 Å². The quantitative estimate of drug-likeness (QED) is 0.721. The lowest BCUT2D eigenvalue weighted by molar-refractivity contribution is 0.317. The molecule has 1 atom stereocenters. The molecule has 16 heavy (non-hydrogen) atoms. The largest absolute Gasteiger partial charge is 0.494 e. The minimum Gasteiger partial charge on any atom is -0.494 e. The van der Waals surface area contributed by atoms with Gasteiger partial charge in [-0.1, -0.05) is 19.1 Å². The molecule has 86 valence electrons. The maximum absolute atomic E-state index is 7.41. The lowest BCUT2D eigenvalue weighted by atomic mass is 10.1. The number of benzene rings is 1. The lowest BCUT2D eigenvalue weighted by Crippen LogP contribution is -2.22. The van der Waals surface area contributed by atoms with Gasteiger partial charge in [0.1, 0.15) is 5.75 Å². The van der Waals surface area contributed by atoms with Gasteiger partial charge in [-0.25, -0.2) is 0 Å². The van der Waals surface area contributed by atoms with Crippen molar-refractivity contribution >= 4 is 5.96 Å². The SMILES string of the molecule is CCCOc1ccc(C2CNC(=N)N2)cc1. The number of hydrogen-bond acceptors (Lipinski definition) is 2. The third-order valence-electron chi connectivity index (χ3n) is 2.56. The fourth-order valence-electron chi connectivity index (χ4n) is 1.70. The molecule has 2 rings (SSSR count). The number of guanidine groups is 1. The van der Waals surface area contributed by atoms with Crippen LogP contribution in [0, 0.1) is 5.41 Å². The highest BCUT2D eigenvalue weighted by Crippen LogP contribution is 2.19. The van der Waals surface area contributed by atoms with E-state index in [1.807, 2.05) is 24.3 Å². The molecule has 4 nitrogen and oxygen atoms in total. The average molecular weight is 219 g/mol. The summed E-state index contributed by atoms with van der Waals surface area (Å²) in [7, 11) is 0. The Labute approximate surface area is 95.5 Å². The summed E-state index contributed by atoms with van der Waals surface area (Å²) in [6.07, 6.45) is 1.02. The van der Waals surface area contributed by atoms with E-state index in [0.717, 1.165) is 25.3 Å². The van der Waals surface area contributed by atoms with Crippen molar-refractivity contribution in [3.63, 3.8) is 0 Å². The van der Waals surface area contributed by atoms with Crippen molar-refractivity contribution < 1.29 is 4.74 Å². The van der Waals surface area contributed by atoms with Crippen LogP contribution in [0.15, 0.2) is 24.3 Å². The third-order valence-corrected chi connectivity index (χ3v) is 2.56. The first-order valence-electron chi connectivity index (χ1n) is 5.61. The summed E-state index contributed by atoms with van der Waals surface area (Å²) in [5.41, 5.74) is 1.18. The van der Waals surface area contributed by atoms with Crippen molar-refractivity contribution in [2.75, 3.05) is 13.2 Å². The van der Waals surface area contributed by atoms with Crippen molar-refractivity contribution in [3.05, 3.63) is 29.8 Å². The van der Waals surface area contributed by atoms with E-state index in [1.54, 1.807) is 0 Å². The molecule has 0 spiro atoms. The molecule has 1 aromatic carbocycles. The molecule has 0 aliphatic carbocycles. The van der Waals surface area contributed by atoms with Crippen LogP contribution in [-0.2, 0) is 0 Å². The van der Waals surface area contributed by atoms with Gasteiger partial charge in [0, 0.05) is 6.54 Å². The Morgan fingerprint density at radius 3 is 2.69 bits per heavy atom. The minimum atomic E-state index is 0.202. The fraction of sp³-hybridized carbons (Fsp3) is 0.417. The van der Waals surface area contributed by atoms with Crippen LogP contribution < -0.4 is 15.4 Å². The predicted molar refractivity (Wildman–Crippen MR) is 63.8 cm³/mol. The summed E-state index contributed by atoms with van der Waals surface area (Å²) in [6, 6.07) is 8.25. The highest BCUT2D eigenvalue weighted by Gasteiger charge is 2.18. The number of hydrogen-bond donors (Lipinski definition) is 3. The van der Waals surface area contributed by atoms with Crippen molar-refractivity contribution in [1.82, 2.24) is 10.6 Å². The van der Waals surface area contributed by atoms with Gasteiger partial charge < -0.3 is 15.4 Å². The number of nitrogens with one attached hydrogen (secondary N) is 3. The van der Waals surface area contributed by atoms with E-state index in [4.69, 9.17) is 10.1 Å². The standard InChI is InChI=1S/C12H17N3O/c1-2-7-16-10-5-3-9(4-6-10)11-8-14-12(13)15-11/h3-6,11H,2,7-8H2,1H3,(H3,13,14,15). The van der Waals surface area contributed by atoms with Gasteiger partial charge in [-0.15, -0.1) is 0 Å². The van der Waals surface area contributed by atoms with Crippen LogP contribution in [0.3, 0.4) is 0 Å². The summed E-state index contributed by atoms with van der Waals surface area (Å²) < 4.78 is 5.52. The molecular formula is C12H17N3O. The third kappa shape index (κ3) is 2.45. The molecule has 0 aromatic heterocycles. The second-order valence-corrected chi connectivity index (χ2v) is 3.87. The Hall–Kier alpha value is -1.71. The molecule has 1 fully saturated rings. The topological polar surface area (TPSA) is 57.1 Å². The van der Waals surface area contributed by atoms with E-state index < -0.39 is 0 Å². The Kier molecular flexibility index (Phi) is 3.29. The van der Waals surface area contributed by atoms with Gasteiger partial charge in [0.15, 0.2) is 5.96 Å². The first kappa shape index (κ1) is 10.8. The van der Waals surface area contributed by atoms with Crippen LogP contribution in [0.25, 0.3) is 0 Å². The second kappa shape index (κ2) is 4.88. The summed E-state index contributed by atoms with van der Waals surface area (Å²) in [5, 5.41) is 13.4. The van der Waals surface area contributed by atoms with E-state index in [-0.39, 0.29) is 6.04 Å². The van der Waals surface area contributed by atoms with Crippen LogP contribution in [0.2, 0.25) is 0 Å². The highest BCUT2D eigenvalue weighted by molar-refractivity contribution is 5.79. The molecule has 4 heteroatoms. The summed E-state index contributed by atoms with van der Waals surface area (Å²) in [4.78, 5) is 0. The summed E-state index contributed by atoms with van der Waals surface area (Å²) in [6.45, 7) is 3.62. The van der Waals surface area contributed by atoms with Crippen LogP contribution in [0.4, 0.5) is 0 Å². The van der Waals surface area contributed by atoms with E-state index in [2.05, 4.69) is 17.6 Å². The molecule has 1 aliphatic heterocycles. The Balaban J connectivity index is 1.99. The van der Waals surface area contributed by atoms with Crippen molar-refractivity contribution in [2.24, 2.45) is 0 Å². The molecule has 1 aromatic rings. The monoisotopic (exact) mass is 219 g/mol. The van der Waals surface area contributed by atoms with Gasteiger partial charge in [0.25, 0.3) is 0 Å². The zero-order valence-electron chi connectivity index (χ0n) is 9.42. The summed E-state index contributed by atoms with van der Waals surface area (Å²) in [5.74, 6) is 1.31. The molecule has 0 saturated carbocycles. The van der Waals surface area contributed by atoms with Gasteiger partial charge >= 0.3 is 0 Å². The van der Waals surface area contributed by atoms with E-state index in [9.17, 15) is 0 Å². The normalized spacial score (nSPS) is 19.1. The average Bonchev–Trinajstić information content (AvgIpc) is 2.74. The van der Waals surface area contributed by atoms with Gasteiger partial charge in [0.05, 0.1) is 12.6 Å². The zero-order chi connectivity index (χ0) is 11.4. The van der Waals surface area contributed by atoms with Crippen LogP contribution in [-0.4, -0.2) is 19.1 Å². The zero-order valence-corrected chi connectivity index (χ0v) is 9.42. The number of rotatable bonds is 4. The lowest BCUT2D eigenvalue weighted by Gasteiger charge is -2.10. The molecule has 3 N–H and O–H groups in total. The first-order valence-corrected chi connectivity index (χ1v) is 5.61. The fourth-order valence-corrected chi connectivity index (χ4v) is 1.70.